The first-order chi connectivity index (χ1) is 18.8. The molecule has 218 valence electrons. The van der Waals surface area contributed by atoms with Crippen LogP contribution in [0.3, 0.4) is 0 Å². The molecule has 2 aromatic rings. The smallest absolute Gasteiger partial charge is 0.485 e. The zero-order valence-corrected chi connectivity index (χ0v) is 22.5. The molecule has 3 aliphatic heterocycles. The van der Waals surface area contributed by atoms with Crippen LogP contribution in [0.15, 0.2) is 30.5 Å². The number of carboxylic acids is 1. The van der Waals surface area contributed by atoms with Crippen LogP contribution in [0.25, 0.3) is 0 Å². The Balaban J connectivity index is 0.000000470. The summed E-state index contributed by atoms with van der Waals surface area (Å²) in [5, 5.41) is 7.12. The second-order valence-electron chi connectivity index (χ2n) is 11.1. The molecule has 0 bridgehead atoms. The number of carboxylic acid groups (broad SMARTS) is 1. The molecule has 0 radical (unpaired) electrons. The maximum absolute atomic E-state index is 12.8. The van der Waals surface area contributed by atoms with Crippen molar-refractivity contribution in [3.05, 3.63) is 41.7 Å². The molecule has 3 aliphatic rings. The Bertz CT molecular complexity index is 1220. The molecular formula is C27H34F3N5O5. The van der Waals surface area contributed by atoms with Gasteiger partial charge in [0.15, 0.2) is 11.5 Å². The Hall–Kier alpha value is -3.61. The highest BCUT2D eigenvalue weighted by Crippen LogP contribution is 2.43. The predicted molar refractivity (Wildman–Crippen MR) is 139 cm³/mol. The summed E-state index contributed by atoms with van der Waals surface area (Å²) in [6.45, 7) is 9.22. The molecule has 4 heterocycles. The highest BCUT2D eigenvalue weighted by molar-refractivity contribution is 5.92. The van der Waals surface area contributed by atoms with Gasteiger partial charge in [0, 0.05) is 31.4 Å². The minimum absolute atomic E-state index is 0.0457. The van der Waals surface area contributed by atoms with Gasteiger partial charge in [-0.25, -0.2) is 14.8 Å². The molecule has 0 atom stereocenters. The number of hydrogen-bond acceptors (Lipinski definition) is 8. The van der Waals surface area contributed by atoms with E-state index in [2.05, 4.69) is 40.8 Å². The van der Waals surface area contributed by atoms with Crippen molar-refractivity contribution in [1.82, 2.24) is 19.8 Å². The van der Waals surface area contributed by atoms with E-state index < -0.39 is 12.1 Å². The number of anilines is 1. The second-order valence-corrected chi connectivity index (χ2v) is 11.1. The van der Waals surface area contributed by atoms with Gasteiger partial charge in [-0.1, -0.05) is 12.1 Å². The second kappa shape index (κ2) is 11.5. The number of hydrogen-bond donors (Lipinski definition) is 2. The number of nitrogen functional groups attached to an aromatic ring is 1. The van der Waals surface area contributed by atoms with E-state index in [1.165, 1.54) is 5.56 Å². The van der Waals surface area contributed by atoms with Crippen molar-refractivity contribution in [3.63, 3.8) is 0 Å². The van der Waals surface area contributed by atoms with Crippen LogP contribution in [0.1, 0.15) is 55.6 Å². The fraction of sp³-hybridized carbons (Fsp3) is 0.556. The standard InChI is InChI=1S/C25H33N5O3.C2HF3O2/c1-24(2)17-32-21-18(4-3-5-20(21)33-24)16-29-12-7-25(8-13-29)9-14-30(15-10-25)22(31)19-6-11-27-23(26)28-19;3-2(4,5)1(6)7/h3-6,11H,7-10,12-17H2,1-2H3,(H2,26,27,28);(H,6,7). The number of ether oxygens (including phenoxy) is 2. The summed E-state index contributed by atoms with van der Waals surface area (Å²) in [6.07, 6.45) is 0.863. The average Bonchev–Trinajstić information content (AvgIpc) is 2.89. The van der Waals surface area contributed by atoms with E-state index in [0.29, 0.717) is 17.7 Å². The van der Waals surface area contributed by atoms with Gasteiger partial charge in [0.1, 0.15) is 17.9 Å². The third-order valence-electron chi connectivity index (χ3n) is 7.57. The van der Waals surface area contributed by atoms with Gasteiger partial charge in [-0.15, -0.1) is 0 Å². The molecule has 1 spiro atoms. The molecule has 1 aromatic carbocycles. The molecule has 2 fully saturated rings. The van der Waals surface area contributed by atoms with Crippen molar-refractivity contribution in [2.24, 2.45) is 5.41 Å². The number of amides is 1. The van der Waals surface area contributed by atoms with E-state index in [1.54, 1.807) is 12.3 Å². The lowest BCUT2D eigenvalue weighted by Crippen LogP contribution is -2.48. The van der Waals surface area contributed by atoms with Crippen LogP contribution in [-0.2, 0) is 11.3 Å². The minimum atomic E-state index is -5.08. The molecule has 0 unspecified atom stereocenters. The summed E-state index contributed by atoms with van der Waals surface area (Å²) >= 11 is 0. The van der Waals surface area contributed by atoms with Crippen molar-refractivity contribution in [2.45, 2.75) is 57.9 Å². The number of likely N-dealkylation sites (tertiary alicyclic amines) is 2. The van der Waals surface area contributed by atoms with Crippen LogP contribution in [-0.4, -0.2) is 81.3 Å². The van der Waals surface area contributed by atoms with E-state index in [9.17, 15) is 18.0 Å². The van der Waals surface area contributed by atoms with Gasteiger partial charge in [0.25, 0.3) is 5.91 Å². The number of para-hydroxylation sites is 1. The number of piperidine rings is 2. The Labute approximate surface area is 230 Å². The van der Waals surface area contributed by atoms with E-state index >= 15 is 0 Å². The largest absolute Gasteiger partial charge is 0.490 e. The molecule has 3 N–H and O–H groups in total. The van der Waals surface area contributed by atoms with Crippen LogP contribution in [0.5, 0.6) is 11.5 Å². The number of benzene rings is 1. The number of aliphatic carboxylic acids is 1. The number of alkyl halides is 3. The lowest BCUT2D eigenvalue weighted by molar-refractivity contribution is -0.192. The first kappa shape index (κ1) is 29.4. The van der Waals surface area contributed by atoms with Crippen molar-refractivity contribution in [3.8, 4) is 11.5 Å². The number of carbonyl (C=O) groups is 2. The topological polar surface area (TPSA) is 131 Å². The Kier molecular flexibility index (Phi) is 8.43. The quantitative estimate of drug-likeness (QED) is 0.571. The number of rotatable bonds is 3. The number of carbonyl (C=O) groups excluding carboxylic acids is 1. The van der Waals surface area contributed by atoms with Crippen LogP contribution < -0.4 is 15.2 Å². The maximum atomic E-state index is 12.8. The van der Waals surface area contributed by atoms with Gasteiger partial charge >= 0.3 is 12.1 Å². The van der Waals surface area contributed by atoms with E-state index in [4.69, 9.17) is 25.1 Å². The highest BCUT2D eigenvalue weighted by atomic mass is 19.4. The van der Waals surface area contributed by atoms with Gasteiger partial charge in [-0.2, -0.15) is 13.2 Å². The highest BCUT2D eigenvalue weighted by Gasteiger charge is 2.40. The lowest BCUT2D eigenvalue weighted by Gasteiger charge is -2.47. The van der Waals surface area contributed by atoms with Gasteiger partial charge in [0.05, 0.1) is 0 Å². The Morgan fingerprint density at radius 1 is 1.07 bits per heavy atom. The third kappa shape index (κ3) is 7.12. The zero-order chi connectivity index (χ0) is 29.1. The zero-order valence-electron chi connectivity index (χ0n) is 22.5. The molecule has 13 heteroatoms. The van der Waals surface area contributed by atoms with Gasteiger partial charge in [-0.05, 0) is 70.2 Å². The van der Waals surface area contributed by atoms with E-state index in [1.807, 2.05) is 11.0 Å². The lowest BCUT2D eigenvalue weighted by atomic mass is 9.71. The summed E-state index contributed by atoms with van der Waals surface area (Å²) in [7, 11) is 0. The number of nitrogens with zero attached hydrogens (tertiary/aromatic N) is 4. The van der Waals surface area contributed by atoms with Crippen LogP contribution in [0.4, 0.5) is 19.1 Å². The Morgan fingerprint density at radius 3 is 2.30 bits per heavy atom. The van der Waals surface area contributed by atoms with Crippen molar-refractivity contribution in [2.75, 3.05) is 38.5 Å². The molecule has 0 aliphatic carbocycles. The molecular weight excluding hydrogens is 531 g/mol. The molecule has 1 amide bonds. The van der Waals surface area contributed by atoms with E-state index in [0.717, 1.165) is 69.9 Å². The SMILES string of the molecule is CC1(C)COc2c(CN3CCC4(CC3)CCN(C(=O)c3ccnc(N)n3)CC4)cccc2O1.O=C(O)C(F)(F)F. The third-order valence-corrected chi connectivity index (χ3v) is 7.57. The first-order valence-electron chi connectivity index (χ1n) is 13.1. The maximum Gasteiger partial charge on any atom is 0.490 e. The number of nitrogens with two attached hydrogens (primary N) is 1. The summed E-state index contributed by atoms with van der Waals surface area (Å²) in [4.78, 5) is 34.1. The number of halogens is 3. The van der Waals surface area contributed by atoms with Crippen LogP contribution in [0.2, 0.25) is 0 Å². The van der Waals surface area contributed by atoms with E-state index in [-0.39, 0.29) is 17.5 Å². The summed E-state index contributed by atoms with van der Waals surface area (Å²) in [5.74, 6) is -0.917. The monoisotopic (exact) mass is 565 g/mol. The van der Waals surface area contributed by atoms with Crippen LogP contribution >= 0.6 is 0 Å². The van der Waals surface area contributed by atoms with Gasteiger partial charge in [0.2, 0.25) is 5.95 Å². The average molecular weight is 566 g/mol. The molecule has 1 aromatic heterocycles. The normalized spacial score (nSPS) is 19.9. The number of fused-ring (bicyclic) bond motifs is 1. The fourth-order valence-electron chi connectivity index (χ4n) is 5.27. The molecule has 0 saturated carbocycles. The van der Waals surface area contributed by atoms with Gasteiger partial charge in [-0.3, -0.25) is 9.69 Å². The first-order valence-corrected chi connectivity index (χ1v) is 13.1. The molecule has 5 rings (SSSR count). The summed E-state index contributed by atoms with van der Waals surface area (Å²) in [6, 6.07) is 7.84. The Morgan fingerprint density at radius 2 is 1.70 bits per heavy atom. The predicted octanol–water partition coefficient (Wildman–Crippen LogP) is 3.76. The molecule has 10 nitrogen and oxygen atoms in total. The molecule has 40 heavy (non-hydrogen) atoms. The van der Waals surface area contributed by atoms with Crippen molar-refractivity contribution in [1.29, 1.82) is 0 Å². The molecule has 2 saturated heterocycles. The van der Waals surface area contributed by atoms with Crippen molar-refractivity contribution < 1.29 is 37.3 Å². The fourth-order valence-corrected chi connectivity index (χ4v) is 5.27. The summed E-state index contributed by atoms with van der Waals surface area (Å²) in [5.41, 5.74) is 7.26. The minimum Gasteiger partial charge on any atom is -0.485 e. The van der Waals surface area contributed by atoms with Crippen molar-refractivity contribution >= 4 is 17.8 Å². The number of aromatic nitrogens is 2. The van der Waals surface area contributed by atoms with Crippen LogP contribution in [0, 0.1) is 5.41 Å². The summed E-state index contributed by atoms with van der Waals surface area (Å²) < 4.78 is 43.9. The van der Waals surface area contributed by atoms with Gasteiger partial charge < -0.3 is 25.2 Å².